The molecule has 3 N–H and O–H groups in total. The lowest BCUT2D eigenvalue weighted by molar-refractivity contribution is -0.120. The van der Waals surface area contributed by atoms with Gasteiger partial charge >= 0.3 is 0 Å². The number of anilines is 1. The van der Waals surface area contributed by atoms with Gasteiger partial charge in [-0.05, 0) is 19.8 Å². The molecule has 0 aromatic carbocycles. The molecule has 0 atom stereocenters. The first kappa shape index (κ1) is 14.4. The number of thiazole rings is 1. The van der Waals surface area contributed by atoms with Gasteiger partial charge in [-0.2, -0.15) is 0 Å². The van der Waals surface area contributed by atoms with E-state index in [9.17, 15) is 13.2 Å². The summed E-state index contributed by atoms with van der Waals surface area (Å²) >= 11 is 0.903. The molecule has 1 aromatic heterocycles. The van der Waals surface area contributed by atoms with Gasteiger partial charge < -0.3 is 5.32 Å². The van der Waals surface area contributed by atoms with Crippen molar-refractivity contribution in [1.82, 2.24) is 4.98 Å². The van der Waals surface area contributed by atoms with Gasteiger partial charge in [0.2, 0.25) is 15.9 Å². The van der Waals surface area contributed by atoms with Gasteiger partial charge in [-0.3, -0.25) is 4.79 Å². The molecule has 1 aromatic rings. The Kier molecular flexibility index (Phi) is 4.22. The quantitative estimate of drug-likeness (QED) is 0.885. The Balaban J connectivity index is 2.09. The van der Waals surface area contributed by atoms with Gasteiger partial charge in [0.25, 0.3) is 0 Å². The first-order valence-electron chi connectivity index (χ1n) is 6.19. The van der Waals surface area contributed by atoms with Gasteiger partial charge in [-0.1, -0.05) is 30.6 Å². The Labute approximate surface area is 116 Å². The lowest BCUT2D eigenvalue weighted by Crippen LogP contribution is -2.24. The van der Waals surface area contributed by atoms with Crippen LogP contribution in [0.25, 0.3) is 0 Å². The average Bonchev–Trinajstić information content (AvgIpc) is 2.71. The van der Waals surface area contributed by atoms with Crippen molar-refractivity contribution >= 4 is 32.4 Å². The summed E-state index contributed by atoms with van der Waals surface area (Å²) in [6.07, 6.45) is 5.08. The molecule has 0 spiro atoms. The van der Waals surface area contributed by atoms with Crippen LogP contribution in [0.1, 0.15) is 37.8 Å². The zero-order chi connectivity index (χ0) is 14.0. The molecule has 1 amide bonds. The third-order valence-corrected chi connectivity index (χ3v) is 5.85. The van der Waals surface area contributed by atoms with Crippen molar-refractivity contribution < 1.29 is 13.2 Å². The maximum atomic E-state index is 12.0. The fourth-order valence-electron chi connectivity index (χ4n) is 2.27. The van der Waals surface area contributed by atoms with Crippen LogP contribution in [0.3, 0.4) is 0 Å². The van der Waals surface area contributed by atoms with E-state index in [4.69, 9.17) is 5.14 Å². The molecule has 1 aliphatic carbocycles. The number of primary sulfonamides is 1. The molecule has 0 aliphatic heterocycles. The largest absolute Gasteiger partial charge is 0.302 e. The molecule has 8 heteroatoms. The van der Waals surface area contributed by atoms with E-state index in [1.807, 2.05) is 0 Å². The van der Waals surface area contributed by atoms with Crippen LogP contribution in [0.2, 0.25) is 0 Å². The van der Waals surface area contributed by atoms with E-state index in [0.717, 1.165) is 37.0 Å². The van der Waals surface area contributed by atoms with E-state index in [-0.39, 0.29) is 16.0 Å². The Morgan fingerprint density at radius 2 is 2.00 bits per heavy atom. The summed E-state index contributed by atoms with van der Waals surface area (Å²) in [7, 11) is -3.77. The Morgan fingerprint density at radius 1 is 1.37 bits per heavy atom. The predicted octanol–water partition coefficient (Wildman–Crippen LogP) is 1.62. The van der Waals surface area contributed by atoms with Crippen molar-refractivity contribution in [2.75, 3.05) is 5.32 Å². The summed E-state index contributed by atoms with van der Waals surface area (Å²) in [6.45, 7) is 1.56. The summed E-state index contributed by atoms with van der Waals surface area (Å²) in [5.74, 6) is -0.0645. The number of amides is 1. The number of nitrogens with two attached hydrogens (primary N) is 1. The maximum absolute atomic E-state index is 12.0. The van der Waals surface area contributed by atoms with Crippen LogP contribution in [0.15, 0.2) is 4.21 Å². The highest BCUT2D eigenvalue weighted by Gasteiger charge is 2.23. The number of hydrogen-bond acceptors (Lipinski definition) is 5. The van der Waals surface area contributed by atoms with Crippen LogP contribution >= 0.6 is 11.3 Å². The zero-order valence-corrected chi connectivity index (χ0v) is 12.3. The Hall–Kier alpha value is -0.990. The molecule has 0 saturated heterocycles. The number of hydrogen-bond donors (Lipinski definition) is 2. The van der Waals surface area contributed by atoms with Gasteiger partial charge in [0, 0.05) is 5.92 Å². The summed E-state index contributed by atoms with van der Waals surface area (Å²) in [5.41, 5.74) is 0.325. The summed E-state index contributed by atoms with van der Waals surface area (Å²) in [4.78, 5) is 16.1. The van der Waals surface area contributed by atoms with Crippen LogP contribution in [-0.2, 0) is 14.8 Å². The highest BCUT2D eigenvalue weighted by molar-refractivity contribution is 7.91. The molecule has 2 rings (SSSR count). The van der Waals surface area contributed by atoms with Gasteiger partial charge in [-0.15, -0.1) is 0 Å². The molecule has 1 saturated carbocycles. The topological polar surface area (TPSA) is 102 Å². The summed E-state index contributed by atoms with van der Waals surface area (Å²) in [5, 5.41) is 8.07. The smallest absolute Gasteiger partial charge is 0.249 e. The molecular formula is C11H17N3O3S2. The first-order chi connectivity index (χ1) is 8.88. The van der Waals surface area contributed by atoms with E-state index in [0.29, 0.717) is 10.8 Å². The predicted molar refractivity (Wildman–Crippen MR) is 73.4 cm³/mol. The van der Waals surface area contributed by atoms with E-state index >= 15 is 0 Å². The third-order valence-electron chi connectivity index (χ3n) is 3.22. The normalized spacial score (nSPS) is 17.4. The average molecular weight is 303 g/mol. The van der Waals surface area contributed by atoms with Gasteiger partial charge in [0.05, 0.1) is 5.69 Å². The second-order valence-corrected chi connectivity index (χ2v) is 7.52. The summed E-state index contributed by atoms with van der Waals surface area (Å²) < 4.78 is 22.6. The number of carbonyl (C=O) groups excluding carboxylic acids is 1. The van der Waals surface area contributed by atoms with E-state index in [1.54, 1.807) is 6.92 Å². The van der Waals surface area contributed by atoms with Crippen molar-refractivity contribution in [1.29, 1.82) is 0 Å². The fraction of sp³-hybridized carbons (Fsp3) is 0.636. The maximum Gasteiger partial charge on any atom is 0.249 e. The first-order valence-corrected chi connectivity index (χ1v) is 8.55. The Bertz CT molecular complexity index is 574. The lowest BCUT2D eigenvalue weighted by Gasteiger charge is -2.19. The second-order valence-electron chi connectivity index (χ2n) is 4.76. The highest BCUT2D eigenvalue weighted by atomic mass is 32.2. The van der Waals surface area contributed by atoms with Crippen LogP contribution in [0.4, 0.5) is 5.13 Å². The molecule has 19 heavy (non-hydrogen) atoms. The number of nitrogens with zero attached hydrogens (tertiary/aromatic N) is 1. The molecule has 106 valence electrons. The monoisotopic (exact) mass is 303 g/mol. The third kappa shape index (κ3) is 3.52. The standard InChI is InChI=1S/C11H17N3O3S2/c1-7-10(19(12,16)17)18-11(13-7)14-9(15)8-5-3-2-4-6-8/h8H,2-6H2,1H3,(H2,12,16,17)(H,13,14,15). The number of carbonyl (C=O) groups is 1. The number of aryl methyl sites for hydroxylation is 1. The van der Waals surface area contributed by atoms with Crippen molar-refractivity contribution in [3.63, 3.8) is 0 Å². The minimum atomic E-state index is -3.77. The van der Waals surface area contributed by atoms with Gasteiger partial charge in [0.15, 0.2) is 9.34 Å². The molecule has 1 fully saturated rings. The van der Waals surface area contributed by atoms with Crippen molar-refractivity contribution in [2.24, 2.45) is 11.1 Å². The molecule has 6 nitrogen and oxygen atoms in total. The molecule has 0 unspecified atom stereocenters. The van der Waals surface area contributed by atoms with Crippen molar-refractivity contribution in [2.45, 2.75) is 43.2 Å². The number of sulfonamides is 1. The zero-order valence-electron chi connectivity index (χ0n) is 10.7. The molecule has 0 radical (unpaired) electrons. The van der Waals surface area contributed by atoms with Gasteiger partial charge in [0.1, 0.15) is 0 Å². The Morgan fingerprint density at radius 3 is 2.53 bits per heavy atom. The number of nitrogens with one attached hydrogen (secondary N) is 1. The minimum absolute atomic E-state index is 0.00597. The van der Waals surface area contributed by atoms with Gasteiger partial charge in [-0.25, -0.2) is 18.5 Å². The SMILES string of the molecule is Cc1nc(NC(=O)C2CCCCC2)sc1S(N)(=O)=O. The molecule has 0 bridgehead atoms. The lowest BCUT2D eigenvalue weighted by atomic mass is 9.89. The van der Waals surface area contributed by atoms with Crippen LogP contribution in [-0.4, -0.2) is 19.3 Å². The number of aromatic nitrogens is 1. The van der Waals surface area contributed by atoms with E-state index in [1.165, 1.54) is 6.42 Å². The van der Waals surface area contributed by atoms with Crippen LogP contribution in [0.5, 0.6) is 0 Å². The highest BCUT2D eigenvalue weighted by Crippen LogP contribution is 2.28. The minimum Gasteiger partial charge on any atom is -0.302 e. The second kappa shape index (κ2) is 5.56. The molecule has 1 heterocycles. The van der Waals surface area contributed by atoms with Crippen molar-refractivity contribution in [3.8, 4) is 0 Å². The van der Waals surface area contributed by atoms with E-state index in [2.05, 4.69) is 10.3 Å². The van der Waals surface area contributed by atoms with Crippen LogP contribution in [0, 0.1) is 12.8 Å². The molecular weight excluding hydrogens is 286 g/mol. The fourth-order valence-corrected chi connectivity index (χ4v) is 4.13. The summed E-state index contributed by atoms with van der Waals surface area (Å²) in [6, 6.07) is 0. The van der Waals surface area contributed by atoms with Crippen LogP contribution < -0.4 is 10.5 Å². The van der Waals surface area contributed by atoms with E-state index < -0.39 is 10.0 Å². The van der Waals surface area contributed by atoms with Crippen molar-refractivity contribution in [3.05, 3.63) is 5.69 Å². The molecule has 1 aliphatic rings. The number of rotatable bonds is 3.